The van der Waals surface area contributed by atoms with E-state index in [9.17, 15) is 4.79 Å². The molecule has 6 heteroatoms. The number of nitrogens with zero attached hydrogens (tertiary/aromatic N) is 3. The number of likely N-dealkylation sites (tertiary alicyclic amines) is 1. The predicted molar refractivity (Wildman–Crippen MR) is 120 cm³/mol. The van der Waals surface area contributed by atoms with E-state index in [4.69, 9.17) is 0 Å². The molecule has 0 bridgehead atoms. The summed E-state index contributed by atoms with van der Waals surface area (Å²) in [7, 11) is 0. The van der Waals surface area contributed by atoms with Crippen LogP contribution in [0.2, 0.25) is 0 Å². The third-order valence-electron chi connectivity index (χ3n) is 5.34. The van der Waals surface area contributed by atoms with Crippen molar-refractivity contribution in [2.24, 2.45) is 0 Å². The first-order chi connectivity index (χ1) is 13.5. The highest BCUT2D eigenvalue weighted by atomic mass is 35.5. The Balaban J connectivity index is 0.00000240. The fraction of sp³-hybridized carbons (Fsp3) is 0.348. The average Bonchev–Trinajstić information content (AvgIpc) is 3.22. The van der Waals surface area contributed by atoms with Crippen LogP contribution in [0.5, 0.6) is 0 Å². The minimum absolute atomic E-state index is 0. The topological polar surface area (TPSA) is 58.1 Å². The van der Waals surface area contributed by atoms with E-state index in [1.165, 1.54) is 5.56 Å². The molecule has 1 aliphatic rings. The first kappa shape index (κ1) is 21.1. The van der Waals surface area contributed by atoms with E-state index < -0.39 is 0 Å². The van der Waals surface area contributed by atoms with Gasteiger partial charge >= 0.3 is 0 Å². The summed E-state index contributed by atoms with van der Waals surface area (Å²) in [5, 5.41) is 4.34. The number of halogens is 1. The number of fused-ring (bicyclic) bond motifs is 1. The summed E-state index contributed by atoms with van der Waals surface area (Å²) in [5.74, 6) is 0.518. The molecule has 1 N–H and O–H groups in total. The maximum atomic E-state index is 13.1. The summed E-state index contributed by atoms with van der Waals surface area (Å²) < 4.78 is 0. The Hall–Kier alpha value is -2.66. The van der Waals surface area contributed by atoms with E-state index in [1.807, 2.05) is 24.0 Å². The number of benzene rings is 1. The average molecular weight is 411 g/mol. The van der Waals surface area contributed by atoms with Gasteiger partial charge in [0, 0.05) is 36.1 Å². The number of amides is 1. The van der Waals surface area contributed by atoms with Crippen molar-refractivity contribution in [3.63, 3.8) is 0 Å². The Labute approximate surface area is 178 Å². The monoisotopic (exact) mass is 410 g/mol. The van der Waals surface area contributed by atoms with Crippen LogP contribution < -0.4 is 5.32 Å². The fourth-order valence-corrected chi connectivity index (χ4v) is 3.65. The largest absolute Gasteiger partial charge is 0.354 e. The van der Waals surface area contributed by atoms with Crippen molar-refractivity contribution in [1.29, 1.82) is 0 Å². The van der Waals surface area contributed by atoms with Gasteiger partial charge in [-0.25, -0.2) is 9.97 Å². The van der Waals surface area contributed by atoms with Crippen molar-refractivity contribution in [2.45, 2.75) is 39.5 Å². The standard InChI is InChI=1S/C23H26N4O.ClH/c1-15(2)17-7-9-18(10-8-17)26-21-19-11-6-16(3)25-22(19)24-14-20(21)23(28)27-12-4-5-13-27;/h6-11,14-15H,4-5,12-13H2,1-3H3,(H,24,25,26);1H. The molecule has 1 aromatic carbocycles. The molecule has 4 rings (SSSR count). The highest BCUT2D eigenvalue weighted by Crippen LogP contribution is 2.31. The Morgan fingerprint density at radius 3 is 2.41 bits per heavy atom. The molecular weight excluding hydrogens is 384 g/mol. The Kier molecular flexibility index (Phi) is 6.38. The molecule has 29 heavy (non-hydrogen) atoms. The SMILES string of the molecule is Cc1ccc2c(Nc3ccc(C(C)C)cc3)c(C(=O)N3CCCC3)cnc2n1.Cl. The lowest BCUT2D eigenvalue weighted by atomic mass is 10.0. The van der Waals surface area contributed by atoms with Crippen LogP contribution in [0.3, 0.4) is 0 Å². The lowest BCUT2D eigenvalue weighted by Gasteiger charge is -2.19. The number of nitrogens with one attached hydrogen (secondary N) is 1. The third-order valence-corrected chi connectivity index (χ3v) is 5.34. The molecule has 1 fully saturated rings. The van der Waals surface area contributed by atoms with Gasteiger partial charge in [0.2, 0.25) is 0 Å². The van der Waals surface area contributed by atoms with Gasteiger partial charge in [0.15, 0.2) is 5.65 Å². The number of hydrogen-bond donors (Lipinski definition) is 1. The smallest absolute Gasteiger partial charge is 0.257 e. The molecule has 1 saturated heterocycles. The van der Waals surface area contributed by atoms with E-state index >= 15 is 0 Å². The lowest BCUT2D eigenvalue weighted by molar-refractivity contribution is 0.0793. The number of carbonyl (C=O) groups excluding carboxylic acids is 1. The highest BCUT2D eigenvalue weighted by molar-refractivity contribution is 6.07. The summed E-state index contributed by atoms with van der Waals surface area (Å²) in [6.07, 6.45) is 3.79. The van der Waals surface area contributed by atoms with Crippen LogP contribution in [-0.4, -0.2) is 33.9 Å². The summed E-state index contributed by atoms with van der Waals surface area (Å²) >= 11 is 0. The second kappa shape index (κ2) is 8.78. The maximum Gasteiger partial charge on any atom is 0.257 e. The lowest BCUT2D eigenvalue weighted by Crippen LogP contribution is -2.28. The van der Waals surface area contributed by atoms with Gasteiger partial charge in [-0.1, -0.05) is 26.0 Å². The van der Waals surface area contributed by atoms with E-state index in [2.05, 4.69) is 53.4 Å². The van der Waals surface area contributed by atoms with Crippen LogP contribution in [-0.2, 0) is 0 Å². The van der Waals surface area contributed by atoms with Crippen molar-refractivity contribution < 1.29 is 4.79 Å². The van der Waals surface area contributed by atoms with E-state index in [-0.39, 0.29) is 18.3 Å². The van der Waals surface area contributed by atoms with Crippen LogP contribution in [0.4, 0.5) is 11.4 Å². The van der Waals surface area contributed by atoms with E-state index in [1.54, 1.807) is 6.20 Å². The number of carbonyl (C=O) groups is 1. The van der Waals surface area contributed by atoms with Gasteiger partial charge in [-0.2, -0.15) is 0 Å². The minimum atomic E-state index is 0. The zero-order valence-corrected chi connectivity index (χ0v) is 17.9. The molecule has 0 spiro atoms. The van der Waals surface area contributed by atoms with Crippen molar-refractivity contribution in [3.05, 3.63) is 59.4 Å². The molecule has 5 nitrogen and oxygen atoms in total. The van der Waals surface area contributed by atoms with Gasteiger partial charge in [0.05, 0.1) is 11.3 Å². The van der Waals surface area contributed by atoms with Crippen molar-refractivity contribution in [1.82, 2.24) is 14.9 Å². The van der Waals surface area contributed by atoms with Crippen LogP contribution in [0.1, 0.15) is 54.2 Å². The number of hydrogen-bond acceptors (Lipinski definition) is 4. The molecule has 3 heterocycles. The molecule has 1 amide bonds. The molecular formula is C23H27ClN4O. The normalized spacial score (nSPS) is 13.6. The van der Waals surface area contributed by atoms with Crippen LogP contribution in [0, 0.1) is 6.92 Å². The molecule has 2 aromatic heterocycles. The Morgan fingerprint density at radius 1 is 1.07 bits per heavy atom. The molecule has 0 radical (unpaired) electrons. The molecule has 3 aromatic rings. The van der Waals surface area contributed by atoms with Crippen molar-refractivity contribution in [2.75, 3.05) is 18.4 Å². The minimum Gasteiger partial charge on any atom is -0.354 e. The van der Waals surface area contributed by atoms with Crippen molar-refractivity contribution >= 4 is 40.7 Å². The second-order valence-corrected chi connectivity index (χ2v) is 7.77. The van der Waals surface area contributed by atoms with Gasteiger partial charge < -0.3 is 10.2 Å². The molecule has 1 aliphatic heterocycles. The summed E-state index contributed by atoms with van der Waals surface area (Å²) in [6.45, 7) is 7.93. The molecule has 0 unspecified atom stereocenters. The summed E-state index contributed by atoms with van der Waals surface area (Å²) in [6, 6.07) is 12.3. The number of pyridine rings is 2. The number of anilines is 2. The van der Waals surface area contributed by atoms with E-state index in [0.29, 0.717) is 17.1 Å². The zero-order chi connectivity index (χ0) is 19.7. The van der Waals surface area contributed by atoms with Gasteiger partial charge in [0.25, 0.3) is 5.91 Å². The quantitative estimate of drug-likeness (QED) is 0.620. The first-order valence-electron chi connectivity index (χ1n) is 9.95. The number of aromatic nitrogens is 2. The summed E-state index contributed by atoms with van der Waals surface area (Å²) in [5.41, 5.74) is 5.19. The third kappa shape index (κ3) is 4.35. The van der Waals surface area contributed by atoms with Gasteiger partial charge in [0.1, 0.15) is 0 Å². The van der Waals surface area contributed by atoms with Gasteiger partial charge in [-0.3, -0.25) is 4.79 Å². The Morgan fingerprint density at radius 2 is 1.76 bits per heavy atom. The van der Waals surface area contributed by atoms with Gasteiger partial charge in [-0.05, 0) is 55.5 Å². The summed E-state index contributed by atoms with van der Waals surface area (Å²) in [4.78, 5) is 24.1. The van der Waals surface area contributed by atoms with Crippen LogP contribution in [0.25, 0.3) is 11.0 Å². The zero-order valence-electron chi connectivity index (χ0n) is 17.1. The molecule has 0 atom stereocenters. The predicted octanol–water partition coefficient (Wildman–Crippen LogP) is 5.46. The van der Waals surface area contributed by atoms with Crippen molar-refractivity contribution in [3.8, 4) is 0 Å². The van der Waals surface area contributed by atoms with E-state index in [0.717, 1.165) is 48.4 Å². The van der Waals surface area contributed by atoms with Gasteiger partial charge in [-0.15, -0.1) is 12.4 Å². The highest BCUT2D eigenvalue weighted by Gasteiger charge is 2.24. The Bertz CT molecular complexity index is 1010. The van der Waals surface area contributed by atoms with Crippen LogP contribution in [0.15, 0.2) is 42.6 Å². The molecule has 0 aliphatic carbocycles. The second-order valence-electron chi connectivity index (χ2n) is 7.77. The van der Waals surface area contributed by atoms with Crippen LogP contribution >= 0.6 is 12.4 Å². The number of aryl methyl sites for hydroxylation is 1. The first-order valence-corrected chi connectivity index (χ1v) is 9.95. The molecule has 0 saturated carbocycles. The number of rotatable bonds is 4. The maximum absolute atomic E-state index is 13.1. The molecule has 152 valence electrons. The fourth-order valence-electron chi connectivity index (χ4n) is 3.65.